The Hall–Kier alpha value is -1.73. The van der Waals surface area contributed by atoms with E-state index in [1.54, 1.807) is 0 Å². The van der Waals surface area contributed by atoms with Gasteiger partial charge in [0, 0.05) is 13.1 Å². The Morgan fingerprint density at radius 3 is 2.74 bits per heavy atom. The van der Waals surface area contributed by atoms with Crippen molar-refractivity contribution in [2.45, 2.75) is 46.1 Å². The van der Waals surface area contributed by atoms with Gasteiger partial charge in [0.2, 0.25) is 0 Å². The summed E-state index contributed by atoms with van der Waals surface area (Å²) in [6, 6.07) is 0. The molecule has 2 fully saturated rings. The number of thiophene rings is 1. The van der Waals surface area contributed by atoms with Gasteiger partial charge in [0.25, 0.3) is 0 Å². The number of fused-ring (bicyclic) bond motifs is 1. The van der Waals surface area contributed by atoms with Crippen LogP contribution >= 0.6 is 11.3 Å². The van der Waals surface area contributed by atoms with Gasteiger partial charge < -0.3 is 14.5 Å². The number of rotatable bonds is 5. The summed E-state index contributed by atoms with van der Waals surface area (Å²) in [4.78, 5) is 28.2. The fraction of sp³-hybridized carbons (Fsp3) is 0.650. The van der Waals surface area contributed by atoms with E-state index >= 15 is 0 Å². The number of hydrogen-bond acceptors (Lipinski definition) is 7. The van der Waals surface area contributed by atoms with Crippen molar-refractivity contribution in [3.8, 4) is 0 Å². The molecule has 1 aliphatic heterocycles. The van der Waals surface area contributed by atoms with Crippen molar-refractivity contribution in [3.63, 3.8) is 0 Å². The Bertz CT molecular complexity index is 872. The number of hydrogen-bond donors (Lipinski definition) is 0. The zero-order chi connectivity index (χ0) is 19.2. The second-order valence-electron chi connectivity index (χ2n) is 8.18. The maximum Gasteiger partial charge on any atom is 0.348 e. The van der Waals surface area contributed by atoms with Gasteiger partial charge >= 0.3 is 5.97 Å². The van der Waals surface area contributed by atoms with E-state index in [0.29, 0.717) is 23.4 Å². The fourth-order valence-electron chi connectivity index (χ4n) is 4.11. The van der Waals surface area contributed by atoms with Gasteiger partial charge in [-0.15, -0.1) is 11.3 Å². The van der Waals surface area contributed by atoms with Crippen LogP contribution in [0.1, 0.15) is 53.7 Å². The molecule has 146 valence electrons. The maximum absolute atomic E-state index is 12.4. The van der Waals surface area contributed by atoms with Gasteiger partial charge in [-0.05, 0) is 64.6 Å². The highest BCUT2D eigenvalue weighted by molar-refractivity contribution is 7.20. The minimum Gasteiger partial charge on any atom is -0.462 e. The van der Waals surface area contributed by atoms with Gasteiger partial charge in [-0.25, -0.2) is 14.8 Å². The minimum atomic E-state index is -0.254. The summed E-state index contributed by atoms with van der Waals surface area (Å²) in [5, 5.41) is 1.03. The lowest BCUT2D eigenvalue weighted by Crippen LogP contribution is -2.37. The molecule has 6 nitrogen and oxygen atoms in total. The van der Waals surface area contributed by atoms with Crippen LogP contribution < -0.4 is 4.90 Å². The standard InChI is InChI=1S/C20H28N4O2S/c1-5-26-19(25)16-13(2)15-17(24-10-6-7-20(12-24)8-9-20)21-14(11-23(3)4)22-18(15)27-16/h5-12H2,1-4H3. The summed E-state index contributed by atoms with van der Waals surface area (Å²) in [5.74, 6) is 1.57. The molecule has 0 atom stereocenters. The SMILES string of the molecule is CCOC(=O)c1sc2nc(CN(C)C)nc(N3CCCC4(CC4)C3)c2c1C. The second kappa shape index (κ2) is 7.02. The molecule has 7 heteroatoms. The average Bonchev–Trinajstić information content (AvgIpc) is 3.27. The molecule has 2 aromatic rings. The Morgan fingerprint density at radius 1 is 1.30 bits per heavy atom. The lowest BCUT2D eigenvalue weighted by molar-refractivity contribution is 0.0531. The number of esters is 1. The van der Waals surface area contributed by atoms with E-state index in [9.17, 15) is 4.79 Å². The van der Waals surface area contributed by atoms with E-state index in [2.05, 4.69) is 9.80 Å². The highest BCUT2D eigenvalue weighted by Crippen LogP contribution is 2.53. The van der Waals surface area contributed by atoms with Crippen LogP contribution in [-0.4, -0.2) is 54.6 Å². The Balaban J connectivity index is 1.82. The van der Waals surface area contributed by atoms with E-state index < -0.39 is 0 Å². The fourth-order valence-corrected chi connectivity index (χ4v) is 5.20. The monoisotopic (exact) mass is 388 g/mol. The maximum atomic E-state index is 12.4. The van der Waals surface area contributed by atoms with Crippen LogP contribution in [-0.2, 0) is 11.3 Å². The summed E-state index contributed by atoms with van der Waals surface area (Å²) < 4.78 is 5.26. The highest BCUT2D eigenvalue weighted by atomic mass is 32.1. The van der Waals surface area contributed by atoms with E-state index in [4.69, 9.17) is 14.7 Å². The lowest BCUT2D eigenvalue weighted by Gasteiger charge is -2.34. The van der Waals surface area contributed by atoms with Gasteiger partial charge in [0.15, 0.2) is 0 Å². The third-order valence-electron chi connectivity index (χ3n) is 5.65. The van der Waals surface area contributed by atoms with E-state index in [-0.39, 0.29) is 5.97 Å². The number of aryl methyl sites for hydroxylation is 1. The first-order valence-corrected chi connectivity index (χ1v) is 10.6. The van der Waals surface area contributed by atoms with Gasteiger partial charge in [-0.1, -0.05) is 0 Å². The predicted octanol–water partition coefficient (Wildman–Crippen LogP) is 3.62. The van der Waals surface area contributed by atoms with Crippen LogP contribution in [0.3, 0.4) is 0 Å². The highest BCUT2D eigenvalue weighted by Gasteiger charge is 2.46. The van der Waals surface area contributed by atoms with Crippen molar-refractivity contribution in [1.82, 2.24) is 14.9 Å². The van der Waals surface area contributed by atoms with E-state index in [0.717, 1.165) is 40.5 Å². The van der Waals surface area contributed by atoms with Crippen LogP contribution in [0.25, 0.3) is 10.2 Å². The number of aromatic nitrogens is 2. The topological polar surface area (TPSA) is 58.6 Å². The number of carbonyl (C=O) groups is 1. The van der Waals surface area contributed by atoms with Crippen molar-refractivity contribution in [1.29, 1.82) is 0 Å². The zero-order valence-corrected chi connectivity index (χ0v) is 17.5. The lowest BCUT2D eigenvalue weighted by atomic mass is 9.95. The van der Waals surface area contributed by atoms with Crippen LogP contribution in [0.5, 0.6) is 0 Å². The van der Waals surface area contributed by atoms with Crippen molar-refractivity contribution >= 4 is 33.3 Å². The van der Waals surface area contributed by atoms with Crippen LogP contribution in [0.4, 0.5) is 5.82 Å². The average molecular weight is 389 g/mol. The van der Waals surface area contributed by atoms with Gasteiger partial charge in [0.05, 0.1) is 18.5 Å². The smallest absolute Gasteiger partial charge is 0.348 e. The summed E-state index contributed by atoms with van der Waals surface area (Å²) in [6.45, 7) is 7.01. The molecule has 0 N–H and O–H groups in total. The molecule has 0 aromatic carbocycles. The first-order valence-electron chi connectivity index (χ1n) is 9.79. The molecular weight excluding hydrogens is 360 g/mol. The molecule has 0 radical (unpaired) electrons. The molecule has 1 saturated heterocycles. The van der Waals surface area contributed by atoms with E-state index in [1.807, 2.05) is 27.9 Å². The first kappa shape index (κ1) is 18.6. The third-order valence-corrected chi connectivity index (χ3v) is 6.82. The zero-order valence-electron chi connectivity index (χ0n) is 16.7. The van der Waals surface area contributed by atoms with Crippen LogP contribution in [0, 0.1) is 12.3 Å². The molecule has 4 rings (SSSR count). The molecule has 27 heavy (non-hydrogen) atoms. The molecule has 0 bridgehead atoms. The molecule has 1 aliphatic carbocycles. The summed E-state index contributed by atoms with van der Waals surface area (Å²) in [7, 11) is 4.05. The number of nitrogens with zero attached hydrogens (tertiary/aromatic N) is 4. The molecule has 2 aromatic heterocycles. The van der Waals surface area contributed by atoms with Gasteiger partial charge in [-0.2, -0.15) is 0 Å². The van der Waals surface area contributed by atoms with E-state index in [1.165, 1.54) is 37.0 Å². The van der Waals surface area contributed by atoms with Gasteiger partial charge in [-0.3, -0.25) is 0 Å². The van der Waals surface area contributed by atoms with Crippen molar-refractivity contribution in [2.24, 2.45) is 5.41 Å². The minimum absolute atomic E-state index is 0.254. The van der Waals surface area contributed by atoms with Crippen LogP contribution in [0.15, 0.2) is 0 Å². The molecule has 3 heterocycles. The van der Waals surface area contributed by atoms with Gasteiger partial charge in [0.1, 0.15) is 21.3 Å². The molecule has 2 aliphatic rings. The first-order chi connectivity index (χ1) is 12.9. The molecule has 0 unspecified atom stereocenters. The molecule has 1 saturated carbocycles. The van der Waals surface area contributed by atoms with Crippen molar-refractivity contribution < 1.29 is 9.53 Å². The number of ether oxygens (including phenoxy) is 1. The quantitative estimate of drug-likeness (QED) is 0.729. The van der Waals surface area contributed by atoms with Crippen molar-refractivity contribution in [3.05, 3.63) is 16.3 Å². The van der Waals surface area contributed by atoms with Crippen LogP contribution in [0.2, 0.25) is 0 Å². The largest absolute Gasteiger partial charge is 0.462 e. The third kappa shape index (κ3) is 3.55. The summed E-state index contributed by atoms with van der Waals surface area (Å²) >= 11 is 1.44. The van der Waals surface area contributed by atoms with Crippen molar-refractivity contribution in [2.75, 3.05) is 38.7 Å². The molecule has 0 amide bonds. The Labute approximate surface area is 164 Å². The summed E-state index contributed by atoms with van der Waals surface area (Å²) in [5.41, 5.74) is 1.46. The predicted molar refractivity (Wildman–Crippen MR) is 109 cm³/mol. The Morgan fingerprint density at radius 2 is 2.07 bits per heavy atom. The number of piperidine rings is 1. The summed E-state index contributed by atoms with van der Waals surface area (Å²) in [6.07, 6.45) is 5.21. The normalized spacial score (nSPS) is 18.5. The Kier molecular flexibility index (Phi) is 4.84. The number of carbonyl (C=O) groups excluding carboxylic acids is 1. The molecular formula is C20H28N4O2S. The molecule has 1 spiro atoms. The second-order valence-corrected chi connectivity index (χ2v) is 9.18. The number of anilines is 1.